The molecule has 5 aliphatic rings. The van der Waals surface area contributed by atoms with Crippen LogP contribution in [-0.4, -0.2) is 66.6 Å². The second-order valence-corrected chi connectivity index (χ2v) is 14.9. The Bertz CT molecular complexity index is 2590. The van der Waals surface area contributed by atoms with E-state index in [-0.39, 0.29) is 51.9 Å². The molecule has 300 valence electrons. The van der Waals surface area contributed by atoms with Crippen molar-refractivity contribution in [2.24, 2.45) is 0 Å². The largest absolute Gasteiger partial charge is 0.504 e. The lowest BCUT2D eigenvalue weighted by Crippen LogP contribution is -2.57. The van der Waals surface area contributed by atoms with Crippen molar-refractivity contribution in [1.82, 2.24) is 0 Å². The van der Waals surface area contributed by atoms with E-state index in [0.29, 0.717) is 22.3 Å². The SMILES string of the molecule is CO[C@@H]1[C@H]2OC(=O)c3cc4c(c(O)c3-c3c(cc(O)c5c3OC(c3ccccc3)(c3ccccc3)O5)C(=O)O[C@@H]1[C@H]1CO[C@H]2O1)OC(c1ccccc1)(c1ccccc1)O4. The van der Waals surface area contributed by atoms with Crippen LogP contribution >= 0.6 is 0 Å². The molecule has 6 aromatic carbocycles. The highest BCUT2D eigenvalue weighted by atomic mass is 16.8. The van der Waals surface area contributed by atoms with E-state index in [1.165, 1.54) is 13.2 Å². The smallest absolute Gasteiger partial charge is 0.339 e. The number of carbonyl (C=O) groups is 2. The molecule has 0 unspecified atom stereocenters. The minimum Gasteiger partial charge on any atom is -0.504 e. The molecule has 2 fully saturated rings. The third-order valence-electron chi connectivity index (χ3n) is 11.5. The predicted molar refractivity (Wildman–Crippen MR) is 209 cm³/mol. The van der Waals surface area contributed by atoms with E-state index >= 15 is 0 Å². The van der Waals surface area contributed by atoms with Gasteiger partial charge in [0, 0.05) is 40.5 Å². The van der Waals surface area contributed by atoms with Crippen molar-refractivity contribution < 1.29 is 62.4 Å². The third-order valence-corrected chi connectivity index (χ3v) is 11.5. The first-order valence-corrected chi connectivity index (χ1v) is 19.3. The summed E-state index contributed by atoms with van der Waals surface area (Å²) < 4.78 is 57.1. The summed E-state index contributed by atoms with van der Waals surface area (Å²) in [5.74, 6) is -6.90. The van der Waals surface area contributed by atoms with Crippen LogP contribution in [0.4, 0.5) is 0 Å². The molecule has 0 aromatic heterocycles. The van der Waals surface area contributed by atoms with E-state index in [1.807, 2.05) is 97.1 Å². The molecule has 0 radical (unpaired) electrons. The maximum atomic E-state index is 14.9. The summed E-state index contributed by atoms with van der Waals surface area (Å²) in [7, 11) is 1.39. The van der Waals surface area contributed by atoms with Crippen LogP contribution in [0.3, 0.4) is 0 Å². The highest BCUT2D eigenvalue weighted by molar-refractivity contribution is 6.09. The lowest BCUT2D eigenvalue weighted by Gasteiger charge is -2.38. The van der Waals surface area contributed by atoms with E-state index in [1.54, 1.807) is 24.3 Å². The Balaban J connectivity index is 1.19. The fraction of sp³-hybridized carbons (Fsp3) is 0.191. The number of rotatable bonds is 5. The van der Waals surface area contributed by atoms with Crippen molar-refractivity contribution in [1.29, 1.82) is 0 Å². The van der Waals surface area contributed by atoms with Gasteiger partial charge >= 0.3 is 23.5 Å². The molecule has 6 aromatic rings. The molecule has 0 aliphatic carbocycles. The van der Waals surface area contributed by atoms with Gasteiger partial charge in [0.2, 0.25) is 11.5 Å². The van der Waals surface area contributed by atoms with Crippen molar-refractivity contribution in [2.75, 3.05) is 13.7 Å². The molecule has 13 heteroatoms. The number of phenolic OH excluding ortho intramolecular Hbond substituents is 2. The Kier molecular flexibility index (Phi) is 8.11. The number of hydrogen-bond acceptors (Lipinski definition) is 13. The lowest BCUT2D eigenvalue weighted by molar-refractivity contribution is -0.234. The van der Waals surface area contributed by atoms with Crippen LogP contribution < -0.4 is 18.9 Å². The number of methoxy groups -OCH3 is 1. The van der Waals surface area contributed by atoms with E-state index in [0.717, 1.165) is 6.07 Å². The zero-order chi connectivity index (χ0) is 40.8. The number of phenols is 2. The molecule has 60 heavy (non-hydrogen) atoms. The average Bonchev–Trinajstić information content (AvgIpc) is 4.03. The van der Waals surface area contributed by atoms with Crippen molar-refractivity contribution in [3.63, 3.8) is 0 Å². The molecule has 2 N–H and O–H groups in total. The van der Waals surface area contributed by atoms with Crippen LogP contribution in [0.15, 0.2) is 133 Å². The van der Waals surface area contributed by atoms with Gasteiger partial charge in [-0.2, -0.15) is 0 Å². The first kappa shape index (κ1) is 36.1. The van der Waals surface area contributed by atoms with Crippen molar-refractivity contribution in [3.8, 4) is 45.6 Å². The summed E-state index contributed by atoms with van der Waals surface area (Å²) in [5.41, 5.74) is 1.28. The van der Waals surface area contributed by atoms with Crippen molar-refractivity contribution >= 4 is 11.9 Å². The quantitative estimate of drug-likeness (QED) is 0.173. The van der Waals surface area contributed by atoms with E-state index in [9.17, 15) is 19.8 Å². The molecule has 0 amide bonds. The van der Waals surface area contributed by atoms with Gasteiger partial charge in [-0.15, -0.1) is 0 Å². The van der Waals surface area contributed by atoms with Crippen LogP contribution in [0.2, 0.25) is 0 Å². The number of benzene rings is 6. The van der Waals surface area contributed by atoms with Gasteiger partial charge in [-0.1, -0.05) is 121 Å². The van der Waals surface area contributed by atoms with Gasteiger partial charge in [0.05, 0.1) is 17.7 Å². The Morgan fingerprint density at radius 3 is 1.62 bits per heavy atom. The van der Waals surface area contributed by atoms with Gasteiger partial charge in [-0.05, 0) is 12.1 Å². The molecule has 5 aliphatic heterocycles. The molecule has 11 rings (SSSR count). The molecule has 0 saturated carbocycles. The number of ether oxygens (including phenoxy) is 9. The van der Waals surface area contributed by atoms with Crippen molar-refractivity contribution in [3.05, 3.63) is 167 Å². The fourth-order valence-corrected chi connectivity index (χ4v) is 8.76. The Labute approximate surface area is 342 Å². The summed E-state index contributed by atoms with van der Waals surface area (Å²) in [4.78, 5) is 29.7. The molecule has 0 spiro atoms. The topological polar surface area (TPSA) is 158 Å². The standard InChI is InChI=1S/C47H34O13/c1-52-41-39-33-24-53-45(54-33)42(41)56-44(51)30-23-32-38(59-46(57-32,25-14-6-2-7-15-25)26-16-8-3-9-17-26)36(49)34(30)35-29(43(50)55-39)22-31(48)37-40(35)60-47(58-37,27-18-10-4-11-19-27)28-20-12-5-13-21-28/h2-23,33,39,41-42,45,48-49H,24H2,1H3/t33-,39-,41+,42-,45+/m1/s1. The second-order valence-electron chi connectivity index (χ2n) is 14.9. The number of aromatic hydroxyl groups is 2. The van der Waals surface area contributed by atoms with Crippen molar-refractivity contribution in [2.45, 2.75) is 42.3 Å². The Morgan fingerprint density at radius 1 is 0.583 bits per heavy atom. The van der Waals surface area contributed by atoms with Crippen LogP contribution in [0, 0.1) is 0 Å². The minimum absolute atomic E-state index is 0.0105. The molecule has 4 bridgehead atoms. The zero-order valence-corrected chi connectivity index (χ0v) is 31.7. The molecular weight excluding hydrogens is 773 g/mol. The van der Waals surface area contributed by atoms with Crippen LogP contribution in [0.5, 0.6) is 34.5 Å². The summed E-state index contributed by atoms with van der Waals surface area (Å²) in [6, 6.07) is 38.9. The normalized spacial score (nSPS) is 23.7. The van der Waals surface area contributed by atoms with E-state index in [4.69, 9.17) is 42.6 Å². The van der Waals surface area contributed by atoms with Gasteiger partial charge in [0.25, 0.3) is 0 Å². The molecule has 2 saturated heterocycles. The molecule has 13 nitrogen and oxygen atoms in total. The van der Waals surface area contributed by atoms with Gasteiger partial charge in [-0.3, -0.25) is 0 Å². The second kappa shape index (κ2) is 13.5. The monoisotopic (exact) mass is 806 g/mol. The Hall–Kier alpha value is -7.06. The van der Waals surface area contributed by atoms with E-state index in [2.05, 4.69) is 0 Å². The Morgan fingerprint density at radius 2 is 1.07 bits per heavy atom. The number of carbonyl (C=O) groups excluding carboxylic acids is 2. The van der Waals surface area contributed by atoms with E-state index < -0.39 is 65.7 Å². The van der Waals surface area contributed by atoms with Gasteiger partial charge < -0.3 is 52.8 Å². The van der Waals surface area contributed by atoms with Crippen LogP contribution in [-0.2, 0) is 35.3 Å². The first-order valence-electron chi connectivity index (χ1n) is 19.3. The highest BCUT2D eigenvalue weighted by Gasteiger charge is 2.57. The molecule has 5 atom stereocenters. The maximum absolute atomic E-state index is 14.9. The first-order chi connectivity index (χ1) is 29.3. The van der Waals surface area contributed by atoms with Gasteiger partial charge in [-0.25, -0.2) is 9.59 Å². The predicted octanol–water partition coefficient (Wildman–Crippen LogP) is 6.94. The molecular formula is C47H34O13. The summed E-state index contributed by atoms with van der Waals surface area (Å²) in [6.07, 6.45) is -5.22. The average molecular weight is 807 g/mol. The van der Waals surface area contributed by atoms with Crippen LogP contribution in [0.1, 0.15) is 43.0 Å². The fourth-order valence-electron chi connectivity index (χ4n) is 8.76. The minimum atomic E-state index is -1.72. The number of esters is 2. The van der Waals surface area contributed by atoms with Gasteiger partial charge in [0.15, 0.2) is 41.5 Å². The molecule has 5 heterocycles. The van der Waals surface area contributed by atoms with Gasteiger partial charge in [0.1, 0.15) is 12.2 Å². The third kappa shape index (κ3) is 5.22. The maximum Gasteiger partial charge on any atom is 0.339 e. The zero-order valence-electron chi connectivity index (χ0n) is 31.7. The lowest BCUT2D eigenvalue weighted by atomic mass is 9.91. The number of fused-ring (bicyclic) bond motifs is 12. The van der Waals surface area contributed by atoms with Crippen LogP contribution in [0.25, 0.3) is 11.1 Å². The summed E-state index contributed by atoms with van der Waals surface area (Å²) in [5, 5.41) is 24.6. The summed E-state index contributed by atoms with van der Waals surface area (Å²) in [6.45, 7) is 0.0174. The summed E-state index contributed by atoms with van der Waals surface area (Å²) >= 11 is 0. The number of hydrogen-bond donors (Lipinski definition) is 2. The highest BCUT2D eigenvalue weighted by Crippen LogP contribution is 2.62.